The van der Waals surface area contributed by atoms with Crippen LogP contribution in [0.5, 0.6) is 0 Å². The number of anilines is 1. The Kier molecular flexibility index (Phi) is 4.29. The summed E-state index contributed by atoms with van der Waals surface area (Å²) in [6.45, 7) is 3.40. The highest BCUT2D eigenvalue weighted by Crippen LogP contribution is 2.23. The van der Waals surface area contributed by atoms with Gasteiger partial charge in [-0.15, -0.1) is 10.2 Å². The van der Waals surface area contributed by atoms with Crippen LogP contribution < -0.4 is 5.32 Å². The fourth-order valence-electron chi connectivity index (χ4n) is 2.03. The van der Waals surface area contributed by atoms with Crippen molar-refractivity contribution in [2.24, 2.45) is 15.2 Å². The van der Waals surface area contributed by atoms with E-state index in [1.807, 2.05) is 42.5 Å². The molecule has 0 spiro atoms. The number of azo groups is 1. The number of aliphatic imine (C=N–C) groups is 1. The van der Waals surface area contributed by atoms with Gasteiger partial charge in [0.1, 0.15) is 5.70 Å². The molecule has 1 N–H and O–H groups in total. The number of amidine groups is 1. The molecule has 0 atom stereocenters. The van der Waals surface area contributed by atoms with E-state index >= 15 is 0 Å². The summed E-state index contributed by atoms with van der Waals surface area (Å²) < 4.78 is 0. The Balaban J connectivity index is 1.66. The van der Waals surface area contributed by atoms with Gasteiger partial charge < -0.3 is 5.32 Å². The Bertz CT molecular complexity index is 868. The molecule has 1 aliphatic heterocycles. The standard InChI is InChI=1S/C16H12N4O2S/c1-10-15(22)18-16(20-19-10)23-9-14(21)17-13-8-4-6-11-5-2-3-7-12(11)13/h2-8H,1,9H2,(H,17,21). The highest BCUT2D eigenvalue weighted by molar-refractivity contribution is 8.14. The van der Waals surface area contributed by atoms with Gasteiger partial charge >= 0.3 is 0 Å². The van der Waals surface area contributed by atoms with Crippen molar-refractivity contribution in [3.05, 3.63) is 54.7 Å². The lowest BCUT2D eigenvalue weighted by Crippen LogP contribution is -2.16. The highest BCUT2D eigenvalue weighted by atomic mass is 32.2. The van der Waals surface area contributed by atoms with Crippen molar-refractivity contribution in [1.82, 2.24) is 0 Å². The van der Waals surface area contributed by atoms with Gasteiger partial charge in [0.2, 0.25) is 11.1 Å². The van der Waals surface area contributed by atoms with E-state index in [1.165, 1.54) is 0 Å². The molecule has 23 heavy (non-hydrogen) atoms. The lowest BCUT2D eigenvalue weighted by Gasteiger charge is -2.09. The number of hydrogen-bond donors (Lipinski definition) is 1. The van der Waals surface area contributed by atoms with Crippen LogP contribution in [-0.2, 0) is 9.59 Å². The fraction of sp³-hybridized carbons (Fsp3) is 0.0625. The van der Waals surface area contributed by atoms with Gasteiger partial charge in [0, 0.05) is 11.1 Å². The quantitative estimate of drug-likeness (QED) is 0.879. The lowest BCUT2D eigenvalue weighted by molar-refractivity contribution is -0.115. The van der Waals surface area contributed by atoms with Gasteiger partial charge in [0.05, 0.1) is 5.75 Å². The fourth-order valence-corrected chi connectivity index (χ4v) is 2.61. The first kappa shape index (κ1) is 15.1. The second kappa shape index (κ2) is 6.53. The summed E-state index contributed by atoms with van der Waals surface area (Å²) in [5.41, 5.74) is 0.736. The molecule has 0 bridgehead atoms. The van der Waals surface area contributed by atoms with Gasteiger partial charge in [-0.05, 0) is 11.5 Å². The van der Waals surface area contributed by atoms with Crippen LogP contribution in [0.4, 0.5) is 5.69 Å². The van der Waals surface area contributed by atoms with E-state index in [1.54, 1.807) is 0 Å². The van der Waals surface area contributed by atoms with Crippen molar-refractivity contribution in [2.75, 3.05) is 11.1 Å². The molecule has 2 amide bonds. The minimum atomic E-state index is -0.531. The summed E-state index contributed by atoms with van der Waals surface area (Å²) in [5, 5.41) is 12.4. The Hall–Kier alpha value is -2.80. The van der Waals surface area contributed by atoms with E-state index < -0.39 is 5.91 Å². The second-order valence-electron chi connectivity index (χ2n) is 4.71. The van der Waals surface area contributed by atoms with Gasteiger partial charge in [-0.1, -0.05) is 54.7 Å². The topological polar surface area (TPSA) is 83.2 Å². The van der Waals surface area contributed by atoms with Crippen molar-refractivity contribution in [1.29, 1.82) is 0 Å². The molecule has 0 aliphatic carbocycles. The van der Waals surface area contributed by atoms with Crippen LogP contribution in [0, 0.1) is 0 Å². The third kappa shape index (κ3) is 3.51. The molecular formula is C16H12N4O2S. The molecule has 2 aromatic rings. The van der Waals surface area contributed by atoms with Crippen molar-refractivity contribution >= 4 is 45.2 Å². The van der Waals surface area contributed by atoms with E-state index in [0.717, 1.165) is 28.2 Å². The largest absolute Gasteiger partial charge is 0.325 e. The number of carbonyl (C=O) groups excluding carboxylic acids is 2. The number of fused-ring (bicyclic) bond motifs is 1. The Morgan fingerprint density at radius 1 is 1.13 bits per heavy atom. The normalized spacial score (nSPS) is 14.0. The SMILES string of the molecule is C=C1N=NC(SCC(=O)Nc2cccc3ccccc23)=NC1=O. The molecule has 0 fully saturated rings. The number of carbonyl (C=O) groups is 2. The Morgan fingerprint density at radius 3 is 2.74 bits per heavy atom. The van der Waals surface area contributed by atoms with E-state index in [9.17, 15) is 9.59 Å². The maximum atomic E-state index is 12.1. The first-order chi connectivity index (χ1) is 11.1. The molecule has 1 aliphatic rings. The number of amides is 2. The predicted octanol–water partition coefficient (Wildman–Crippen LogP) is 3.37. The summed E-state index contributed by atoms with van der Waals surface area (Å²) in [4.78, 5) is 27.1. The van der Waals surface area contributed by atoms with E-state index in [4.69, 9.17) is 0 Å². The zero-order valence-electron chi connectivity index (χ0n) is 12.0. The summed E-state index contributed by atoms with van der Waals surface area (Å²) in [6.07, 6.45) is 0. The maximum absolute atomic E-state index is 12.1. The van der Waals surface area contributed by atoms with Gasteiger partial charge in [-0.25, -0.2) is 0 Å². The van der Waals surface area contributed by atoms with E-state index in [0.29, 0.717) is 0 Å². The third-order valence-electron chi connectivity index (χ3n) is 3.10. The minimum absolute atomic E-state index is 0.00504. The Morgan fingerprint density at radius 2 is 1.91 bits per heavy atom. The molecule has 0 saturated heterocycles. The molecule has 2 aromatic carbocycles. The average molecular weight is 324 g/mol. The van der Waals surface area contributed by atoms with Crippen molar-refractivity contribution in [3.63, 3.8) is 0 Å². The van der Waals surface area contributed by atoms with Crippen molar-refractivity contribution in [3.8, 4) is 0 Å². The number of thioether (sulfide) groups is 1. The van der Waals surface area contributed by atoms with Crippen LogP contribution >= 0.6 is 11.8 Å². The number of nitrogens with zero attached hydrogens (tertiary/aromatic N) is 3. The van der Waals surface area contributed by atoms with Crippen LogP contribution in [0.3, 0.4) is 0 Å². The average Bonchev–Trinajstić information content (AvgIpc) is 2.56. The molecule has 3 rings (SSSR count). The molecule has 0 radical (unpaired) electrons. The molecule has 1 heterocycles. The summed E-state index contributed by atoms with van der Waals surface area (Å²) in [7, 11) is 0. The van der Waals surface area contributed by atoms with Crippen LogP contribution in [0.2, 0.25) is 0 Å². The molecule has 0 saturated carbocycles. The molecule has 0 unspecified atom stereocenters. The summed E-state index contributed by atoms with van der Waals surface area (Å²) in [5.74, 6) is -0.654. The number of hydrogen-bond acceptors (Lipinski definition) is 5. The second-order valence-corrected chi connectivity index (χ2v) is 5.65. The highest BCUT2D eigenvalue weighted by Gasteiger charge is 2.15. The molecule has 0 aromatic heterocycles. The number of benzene rings is 2. The summed E-state index contributed by atoms with van der Waals surface area (Å²) >= 11 is 1.05. The maximum Gasteiger partial charge on any atom is 0.299 e. The van der Waals surface area contributed by atoms with Gasteiger partial charge in [0.25, 0.3) is 5.91 Å². The van der Waals surface area contributed by atoms with Crippen molar-refractivity contribution < 1.29 is 9.59 Å². The Labute approximate surface area is 136 Å². The van der Waals surface area contributed by atoms with Crippen LogP contribution in [0.15, 0.2) is 70.0 Å². The molecular weight excluding hydrogens is 312 g/mol. The van der Waals surface area contributed by atoms with Crippen LogP contribution in [-0.4, -0.2) is 22.7 Å². The van der Waals surface area contributed by atoms with Crippen LogP contribution in [0.1, 0.15) is 0 Å². The third-order valence-corrected chi connectivity index (χ3v) is 3.93. The van der Waals surface area contributed by atoms with Gasteiger partial charge in [-0.2, -0.15) is 4.99 Å². The number of nitrogens with one attached hydrogen (secondary N) is 1. The zero-order valence-corrected chi connectivity index (χ0v) is 12.8. The molecule has 114 valence electrons. The molecule has 7 heteroatoms. The predicted molar refractivity (Wildman–Crippen MR) is 91.5 cm³/mol. The first-order valence-electron chi connectivity index (χ1n) is 6.77. The van der Waals surface area contributed by atoms with E-state index in [-0.39, 0.29) is 22.5 Å². The monoisotopic (exact) mass is 324 g/mol. The van der Waals surface area contributed by atoms with Crippen LogP contribution in [0.25, 0.3) is 10.8 Å². The zero-order chi connectivity index (χ0) is 16.2. The van der Waals surface area contributed by atoms with Gasteiger partial charge in [0.15, 0.2) is 0 Å². The number of rotatable bonds is 3. The van der Waals surface area contributed by atoms with E-state index in [2.05, 4.69) is 27.1 Å². The minimum Gasteiger partial charge on any atom is -0.325 e. The lowest BCUT2D eigenvalue weighted by atomic mass is 10.1. The molecule has 6 nitrogen and oxygen atoms in total. The van der Waals surface area contributed by atoms with Gasteiger partial charge in [-0.3, -0.25) is 9.59 Å². The summed E-state index contributed by atoms with van der Waals surface area (Å²) in [6, 6.07) is 13.5. The first-order valence-corrected chi connectivity index (χ1v) is 7.76. The smallest absolute Gasteiger partial charge is 0.299 e. The van der Waals surface area contributed by atoms with Crippen molar-refractivity contribution in [2.45, 2.75) is 0 Å².